The third kappa shape index (κ3) is 3.43. The summed E-state index contributed by atoms with van der Waals surface area (Å²) in [7, 11) is 0. The van der Waals surface area contributed by atoms with Crippen molar-refractivity contribution in [1.29, 1.82) is 0 Å². The molecular formula is C14H21N. The zero-order chi connectivity index (χ0) is 11.3. The Bertz CT molecular complexity index is 311. The first-order chi connectivity index (χ1) is 7.06. The molecule has 1 aromatic rings. The summed E-state index contributed by atoms with van der Waals surface area (Å²) in [5.74, 6) is 0. The lowest BCUT2D eigenvalue weighted by Crippen LogP contribution is -2.31. The maximum absolute atomic E-state index is 3.52. The van der Waals surface area contributed by atoms with Gasteiger partial charge in [0.2, 0.25) is 0 Å². The second kappa shape index (κ2) is 5.01. The predicted molar refractivity (Wildman–Crippen MR) is 68.1 cm³/mol. The van der Waals surface area contributed by atoms with E-state index in [-0.39, 0.29) is 5.41 Å². The molecule has 1 unspecified atom stereocenters. The van der Waals surface area contributed by atoms with Crippen molar-refractivity contribution in [2.75, 3.05) is 5.32 Å². The molecule has 1 N–H and O–H groups in total. The van der Waals surface area contributed by atoms with Crippen molar-refractivity contribution in [2.45, 2.75) is 33.7 Å². The van der Waals surface area contributed by atoms with Crippen LogP contribution in [0.1, 0.15) is 27.7 Å². The fraction of sp³-hybridized carbons (Fsp3) is 0.429. The smallest absolute Gasteiger partial charge is 0.0342 e. The zero-order valence-electron chi connectivity index (χ0n) is 10.1. The monoisotopic (exact) mass is 203 g/mol. The van der Waals surface area contributed by atoms with Gasteiger partial charge in [0.1, 0.15) is 0 Å². The van der Waals surface area contributed by atoms with Gasteiger partial charge in [-0.05, 0) is 26.0 Å². The minimum atomic E-state index is 0.171. The fourth-order valence-corrected chi connectivity index (χ4v) is 1.54. The highest BCUT2D eigenvalue weighted by atomic mass is 14.9. The van der Waals surface area contributed by atoms with Gasteiger partial charge in [0.05, 0.1) is 0 Å². The van der Waals surface area contributed by atoms with Crippen LogP contribution in [0.15, 0.2) is 42.5 Å². The molecule has 1 heteroatoms. The Morgan fingerprint density at radius 1 is 1.20 bits per heavy atom. The van der Waals surface area contributed by atoms with Crippen LogP contribution in [-0.4, -0.2) is 6.04 Å². The molecule has 0 fully saturated rings. The van der Waals surface area contributed by atoms with E-state index in [0.717, 1.165) is 0 Å². The van der Waals surface area contributed by atoms with Crippen LogP contribution in [-0.2, 0) is 0 Å². The molecule has 0 aromatic heterocycles. The second-order valence-electron chi connectivity index (χ2n) is 4.55. The Kier molecular flexibility index (Phi) is 3.96. The highest BCUT2D eigenvalue weighted by molar-refractivity contribution is 5.43. The number of nitrogens with one attached hydrogen (secondary N) is 1. The summed E-state index contributed by atoms with van der Waals surface area (Å²) in [5.41, 5.74) is 1.35. The average Bonchev–Trinajstić information content (AvgIpc) is 2.19. The third-order valence-corrected chi connectivity index (χ3v) is 2.87. The second-order valence-corrected chi connectivity index (χ2v) is 4.55. The van der Waals surface area contributed by atoms with E-state index in [0.29, 0.717) is 6.04 Å². The van der Waals surface area contributed by atoms with Crippen molar-refractivity contribution in [3.05, 3.63) is 42.5 Å². The molecule has 1 atom stereocenters. The van der Waals surface area contributed by atoms with Crippen LogP contribution in [0.3, 0.4) is 0 Å². The topological polar surface area (TPSA) is 12.0 Å². The van der Waals surface area contributed by atoms with Crippen LogP contribution in [0.25, 0.3) is 0 Å². The van der Waals surface area contributed by atoms with Crippen LogP contribution in [0.5, 0.6) is 0 Å². The van der Waals surface area contributed by atoms with E-state index in [1.165, 1.54) is 5.69 Å². The molecule has 1 rings (SSSR count). The van der Waals surface area contributed by atoms with Crippen LogP contribution in [0.2, 0.25) is 0 Å². The molecule has 15 heavy (non-hydrogen) atoms. The van der Waals surface area contributed by atoms with E-state index in [2.05, 4.69) is 69.4 Å². The summed E-state index contributed by atoms with van der Waals surface area (Å²) >= 11 is 0. The van der Waals surface area contributed by atoms with Gasteiger partial charge in [0, 0.05) is 17.1 Å². The SMILES string of the molecule is CC=CC(C)(C)C(C)Nc1ccccc1. The molecule has 0 radical (unpaired) electrons. The number of hydrogen-bond acceptors (Lipinski definition) is 1. The molecule has 1 nitrogen and oxygen atoms in total. The van der Waals surface area contributed by atoms with Crippen LogP contribution < -0.4 is 5.32 Å². The molecule has 0 saturated carbocycles. The molecule has 0 bridgehead atoms. The number of para-hydroxylation sites is 1. The van der Waals surface area contributed by atoms with Gasteiger partial charge in [0.25, 0.3) is 0 Å². The summed E-state index contributed by atoms with van der Waals surface area (Å²) in [6, 6.07) is 10.8. The van der Waals surface area contributed by atoms with Crippen molar-refractivity contribution >= 4 is 5.69 Å². The highest BCUT2D eigenvalue weighted by Gasteiger charge is 2.21. The summed E-state index contributed by atoms with van der Waals surface area (Å²) in [6.07, 6.45) is 4.36. The summed E-state index contributed by atoms with van der Waals surface area (Å²) in [5, 5.41) is 3.52. The van der Waals surface area contributed by atoms with Gasteiger partial charge in [0.15, 0.2) is 0 Å². The van der Waals surface area contributed by atoms with E-state index in [1.54, 1.807) is 0 Å². The summed E-state index contributed by atoms with van der Waals surface area (Å²) in [6.45, 7) is 8.77. The van der Waals surface area contributed by atoms with Crippen LogP contribution in [0, 0.1) is 5.41 Å². The lowest BCUT2D eigenvalue weighted by molar-refractivity contribution is 0.416. The van der Waals surface area contributed by atoms with Crippen molar-refractivity contribution < 1.29 is 0 Å². The Morgan fingerprint density at radius 2 is 1.80 bits per heavy atom. The van der Waals surface area contributed by atoms with Crippen LogP contribution >= 0.6 is 0 Å². The largest absolute Gasteiger partial charge is 0.382 e. The lowest BCUT2D eigenvalue weighted by atomic mass is 9.85. The van der Waals surface area contributed by atoms with Gasteiger partial charge in [-0.2, -0.15) is 0 Å². The first-order valence-corrected chi connectivity index (χ1v) is 5.51. The van der Waals surface area contributed by atoms with Gasteiger partial charge < -0.3 is 5.32 Å². The number of benzene rings is 1. The molecule has 0 spiro atoms. The summed E-state index contributed by atoms with van der Waals surface area (Å²) < 4.78 is 0. The maximum Gasteiger partial charge on any atom is 0.0342 e. The zero-order valence-corrected chi connectivity index (χ0v) is 10.1. The number of hydrogen-bond donors (Lipinski definition) is 1. The van der Waals surface area contributed by atoms with Crippen molar-refractivity contribution in [1.82, 2.24) is 0 Å². The normalized spacial score (nSPS) is 14.1. The van der Waals surface area contributed by atoms with E-state index in [1.807, 2.05) is 6.07 Å². The summed E-state index contributed by atoms with van der Waals surface area (Å²) in [4.78, 5) is 0. The van der Waals surface area contributed by atoms with E-state index in [4.69, 9.17) is 0 Å². The molecule has 0 heterocycles. The van der Waals surface area contributed by atoms with Gasteiger partial charge in [-0.3, -0.25) is 0 Å². The Labute approximate surface area is 93.2 Å². The molecule has 1 aromatic carbocycles. The van der Waals surface area contributed by atoms with Crippen molar-refractivity contribution in [3.63, 3.8) is 0 Å². The fourth-order valence-electron chi connectivity index (χ4n) is 1.54. The molecule has 0 saturated heterocycles. The lowest BCUT2D eigenvalue weighted by Gasteiger charge is -2.30. The van der Waals surface area contributed by atoms with Gasteiger partial charge in [-0.25, -0.2) is 0 Å². The molecule has 0 amide bonds. The molecule has 0 aliphatic heterocycles. The van der Waals surface area contributed by atoms with E-state index < -0.39 is 0 Å². The highest BCUT2D eigenvalue weighted by Crippen LogP contribution is 2.25. The number of allylic oxidation sites excluding steroid dienone is 1. The van der Waals surface area contributed by atoms with Gasteiger partial charge in [-0.15, -0.1) is 0 Å². The Morgan fingerprint density at radius 3 is 2.33 bits per heavy atom. The van der Waals surface area contributed by atoms with Crippen molar-refractivity contribution in [3.8, 4) is 0 Å². The maximum atomic E-state index is 3.52. The first kappa shape index (κ1) is 11.8. The molecule has 0 aliphatic carbocycles. The van der Waals surface area contributed by atoms with Gasteiger partial charge >= 0.3 is 0 Å². The molecule has 82 valence electrons. The molecule has 0 aliphatic rings. The van der Waals surface area contributed by atoms with E-state index >= 15 is 0 Å². The van der Waals surface area contributed by atoms with Gasteiger partial charge in [-0.1, -0.05) is 44.2 Å². The van der Waals surface area contributed by atoms with Crippen molar-refractivity contribution in [2.24, 2.45) is 5.41 Å². The van der Waals surface area contributed by atoms with Crippen LogP contribution in [0.4, 0.5) is 5.69 Å². The first-order valence-electron chi connectivity index (χ1n) is 5.51. The quantitative estimate of drug-likeness (QED) is 0.727. The minimum absolute atomic E-state index is 0.171. The van der Waals surface area contributed by atoms with E-state index in [9.17, 15) is 0 Å². The average molecular weight is 203 g/mol. The Hall–Kier alpha value is -1.24. The number of anilines is 1. The molecular weight excluding hydrogens is 182 g/mol. The predicted octanol–water partition coefficient (Wildman–Crippen LogP) is 4.09. The third-order valence-electron chi connectivity index (χ3n) is 2.87. The Balaban J connectivity index is 2.67. The standard InChI is InChI=1S/C14H21N/c1-5-11-14(3,4)12(2)15-13-9-7-6-8-10-13/h5-12,15H,1-4H3. The number of rotatable bonds is 4. The minimum Gasteiger partial charge on any atom is -0.382 e.